The molecule has 0 fully saturated rings. The molecular formula is C7H13NO6. The first-order valence-electron chi connectivity index (χ1n) is 3.63. The highest BCUT2D eigenvalue weighted by molar-refractivity contribution is 5.93. The molecule has 0 aliphatic heterocycles. The summed E-state index contributed by atoms with van der Waals surface area (Å²) in [4.78, 5) is 29.1. The second-order valence-electron chi connectivity index (χ2n) is 2.36. The molecule has 1 atom stereocenters. The Morgan fingerprint density at radius 2 is 1.71 bits per heavy atom. The van der Waals surface area contributed by atoms with E-state index >= 15 is 0 Å². The van der Waals surface area contributed by atoms with Crippen LogP contribution in [0.4, 0.5) is 0 Å². The lowest BCUT2D eigenvalue weighted by Gasteiger charge is -1.96. The number of carbonyl (C=O) groups is 3. The summed E-state index contributed by atoms with van der Waals surface area (Å²) in [6.07, 6.45) is -1.76. The summed E-state index contributed by atoms with van der Waals surface area (Å²) in [6, 6.07) is 0. The minimum absolute atomic E-state index is 0.227. The molecule has 0 saturated carbocycles. The Labute approximate surface area is 80.1 Å². The molecule has 7 heteroatoms. The van der Waals surface area contributed by atoms with Gasteiger partial charge >= 0.3 is 11.9 Å². The van der Waals surface area contributed by atoms with Gasteiger partial charge in [0.05, 0.1) is 0 Å². The number of aliphatic carboxylic acids is 2. The number of aliphatic hydroxyl groups is 1. The molecule has 0 heterocycles. The third-order valence-electron chi connectivity index (χ3n) is 0.908. The molecule has 0 spiro atoms. The van der Waals surface area contributed by atoms with Crippen LogP contribution in [0, 0.1) is 0 Å². The molecule has 0 aromatic carbocycles. The van der Waals surface area contributed by atoms with Crippen molar-refractivity contribution in [1.29, 1.82) is 0 Å². The van der Waals surface area contributed by atoms with Gasteiger partial charge in [-0.1, -0.05) is 0 Å². The van der Waals surface area contributed by atoms with Crippen molar-refractivity contribution in [1.82, 2.24) is 0 Å². The van der Waals surface area contributed by atoms with Gasteiger partial charge in [-0.25, -0.2) is 4.79 Å². The summed E-state index contributed by atoms with van der Waals surface area (Å²) in [5, 5.41) is 23.9. The predicted molar refractivity (Wildman–Crippen MR) is 45.6 cm³/mol. The Morgan fingerprint density at radius 3 is 1.71 bits per heavy atom. The minimum Gasteiger partial charge on any atom is -0.481 e. The van der Waals surface area contributed by atoms with E-state index in [4.69, 9.17) is 21.1 Å². The van der Waals surface area contributed by atoms with E-state index in [0.29, 0.717) is 0 Å². The Hall–Kier alpha value is -1.47. The van der Waals surface area contributed by atoms with Gasteiger partial charge in [-0.15, -0.1) is 0 Å². The fraction of sp³-hybridized carbons (Fsp3) is 0.571. The highest BCUT2D eigenvalue weighted by Gasteiger charge is 2.07. The molecule has 0 rings (SSSR count). The standard InChI is InChI=1S/C4H6O3.C3H7NO3/c1-3(5)2-4(6)7;4-1-2(5)3(6)7/h2H2,1H3,(H,6,7);2,5H,1,4H2,(H,6,7). The molecule has 14 heavy (non-hydrogen) atoms. The normalized spacial score (nSPS) is 10.8. The molecule has 0 bridgehead atoms. The number of aliphatic hydroxyl groups excluding tert-OH is 1. The SMILES string of the molecule is CC(=O)CC(=O)O.NCC(O)C(=O)O. The van der Waals surface area contributed by atoms with Crippen LogP contribution in [0.3, 0.4) is 0 Å². The third-order valence-corrected chi connectivity index (χ3v) is 0.908. The van der Waals surface area contributed by atoms with Gasteiger partial charge in [0.15, 0.2) is 6.10 Å². The molecule has 82 valence electrons. The van der Waals surface area contributed by atoms with Crippen molar-refractivity contribution in [2.24, 2.45) is 5.73 Å². The van der Waals surface area contributed by atoms with Crippen LogP contribution in [-0.2, 0) is 14.4 Å². The van der Waals surface area contributed by atoms with Gasteiger partial charge < -0.3 is 21.1 Å². The number of Topliss-reactive ketones (excluding diaryl/α,β-unsaturated/α-hetero) is 1. The highest BCUT2D eigenvalue weighted by atomic mass is 16.4. The van der Waals surface area contributed by atoms with Crippen LogP contribution in [0.1, 0.15) is 13.3 Å². The van der Waals surface area contributed by atoms with Gasteiger partial charge in [0, 0.05) is 6.54 Å². The maximum atomic E-state index is 9.87. The summed E-state index contributed by atoms with van der Waals surface area (Å²) in [6.45, 7) is 1.02. The van der Waals surface area contributed by atoms with Crippen molar-refractivity contribution < 1.29 is 29.7 Å². The van der Waals surface area contributed by atoms with Crippen molar-refractivity contribution in [2.75, 3.05) is 6.54 Å². The van der Waals surface area contributed by atoms with Gasteiger partial charge in [0.1, 0.15) is 12.2 Å². The quantitative estimate of drug-likeness (QED) is 0.409. The van der Waals surface area contributed by atoms with Gasteiger partial charge in [-0.3, -0.25) is 9.59 Å². The Kier molecular flexibility index (Phi) is 8.74. The van der Waals surface area contributed by atoms with E-state index in [1.54, 1.807) is 0 Å². The lowest BCUT2D eigenvalue weighted by Crippen LogP contribution is -2.28. The lowest BCUT2D eigenvalue weighted by atomic mass is 10.3. The topological polar surface area (TPSA) is 138 Å². The van der Waals surface area contributed by atoms with Crippen molar-refractivity contribution in [3.05, 3.63) is 0 Å². The molecule has 0 aliphatic carbocycles. The van der Waals surface area contributed by atoms with Gasteiger partial charge in [0.25, 0.3) is 0 Å². The molecule has 0 saturated heterocycles. The zero-order valence-corrected chi connectivity index (χ0v) is 7.64. The highest BCUT2D eigenvalue weighted by Crippen LogP contribution is 1.77. The number of hydrogen-bond donors (Lipinski definition) is 4. The van der Waals surface area contributed by atoms with Crippen molar-refractivity contribution in [2.45, 2.75) is 19.4 Å². The summed E-state index contributed by atoms with van der Waals surface area (Å²) >= 11 is 0. The van der Waals surface area contributed by atoms with Crippen molar-refractivity contribution >= 4 is 17.7 Å². The van der Waals surface area contributed by atoms with Gasteiger partial charge in [-0.05, 0) is 6.92 Å². The molecule has 0 amide bonds. The smallest absolute Gasteiger partial charge is 0.333 e. The van der Waals surface area contributed by atoms with Crippen LogP contribution in [0.2, 0.25) is 0 Å². The first-order valence-corrected chi connectivity index (χ1v) is 3.63. The average Bonchev–Trinajstić information content (AvgIpc) is 2.01. The fourth-order valence-electron chi connectivity index (χ4n) is 0.314. The lowest BCUT2D eigenvalue weighted by molar-refractivity contribution is -0.146. The Bertz CT molecular complexity index is 202. The predicted octanol–water partition coefficient (Wildman–Crippen LogP) is -1.56. The number of hydrogen-bond acceptors (Lipinski definition) is 5. The van der Waals surface area contributed by atoms with Crippen molar-refractivity contribution in [3.8, 4) is 0 Å². The summed E-state index contributed by atoms with van der Waals surface area (Å²) in [5.41, 5.74) is 4.74. The van der Waals surface area contributed by atoms with Crippen LogP contribution in [0.25, 0.3) is 0 Å². The summed E-state index contributed by atoms with van der Waals surface area (Å²) in [7, 11) is 0. The molecule has 7 nitrogen and oxygen atoms in total. The molecule has 0 aliphatic rings. The molecule has 5 N–H and O–H groups in total. The van der Waals surface area contributed by atoms with Crippen LogP contribution < -0.4 is 5.73 Å². The van der Waals surface area contributed by atoms with E-state index in [1.807, 2.05) is 0 Å². The Morgan fingerprint density at radius 1 is 1.29 bits per heavy atom. The van der Waals surface area contributed by atoms with Crippen LogP contribution in [-0.4, -0.2) is 45.7 Å². The number of carboxylic acids is 2. The monoisotopic (exact) mass is 207 g/mol. The molecule has 0 aromatic rings. The fourth-order valence-corrected chi connectivity index (χ4v) is 0.314. The largest absolute Gasteiger partial charge is 0.481 e. The maximum absolute atomic E-state index is 9.87. The number of carbonyl (C=O) groups excluding carboxylic acids is 1. The number of rotatable bonds is 4. The van der Waals surface area contributed by atoms with Crippen LogP contribution >= 0.6 is 0 Å². The number of nitrogens with two attached hydrogens (primary N) is 1. The molecule has 1 unspecified atom stereocenters. The minimum atomic E-state index is -1.40. The van der Waals surface area contributed by atoms with E-state index in [0.717, 1.165) is 0 Å². The zero-order valence-electron chi connectivity index (χ0n) is 7.64. The third kappa shape index (κ3) is 13.1. The maximum Gasteiger partial charge on any atom is 0.333 e. The second kappa shape index (κ2) is 8.14. The number of carboxylic acid groups (broad SMARTS) is 2. The van der Waals surface area contributed by atoms with E-state index in [9.17, 15) is 14.4 Å². The zero-order chi connectivity index (χ0) is 11.7. The van der Waals surface area contributed by atoms with Crippen LogP contribution in [0.15, 0.2) is 0 Å². The van der Waals surface area contributed by atoms with E-state index in [-0.39, 0.29) is 18.7 Å². The van der Waals surface area contributed by atoms with E-state index < -0.39 is 18.0 Å². The second-order valence-corrected chi connectivity index (χ2v) is 2.36. The van der Waals surface area contributed by atoms with Crippen molar-refractivity contribution in [3.63, 3.8) is 0 Å². The average molecular weight is 207 g/mol. The Balaban J connectivity index is 0. The van der Waals surface area contributed by atoms with E-state index in [2.05, 4.69) is 0 Å². The van der Waals surface area contributed by atoms with Crippen LogP contribution in [0.5, 0.6) is 0 Å². The summed E-state index contributed by atoms with van der Waals surface area (Å²) in [5.74, 6) is -2.65. The first kappa shape index (κ1) is 15.0. The molecular weight excluding hydrogens is 194 g/mol. The van der Waals surface area contributed by atoms with E-state index in [1.165, 1.54) is 6.92 Å². The molecule has 0 radical (unpaired) electrons. The number of ketones is 1. The first-order chi connectivity index (χ1) is 6.31. The molecule has 0 aromatic heterocycles. The van der Waals surface area contributed by atoms with Gasteiger partial charge in [-0.2, -0.15) is 0 Å². The summed E-state index contributed by atoms with van der Waals surface area (Å²) < 4.78 is 0. The van der Waals surface area contributed by atoms with Gasteiger partial charge in [0.2, 0.25) is 0 Å².